The fourth-order valence-electron chi connectivity index (χ4n) is 2.29. The second-order valence-corrected chi connectivity index (χ2v) is 6.66. The lowest BCUT2D eigenvalue weighted by Gasteiger charge is -2.13. The molecule has 2 rings (SSSR count). The maximum Gasteiger partial charge on any atom is 0.133 e. The summed E-state index contributed by atoms with van der Waals surface area (Å²) in [6.45, 7) is 6.30. The number of nitrogens with one attached hydrogen (secondary N) is 2. The Hall–Kier alpha value is -0.970. The molecule has 1 saturated heterocycles. The number of aromatic nitrogens is 2. The molecule has 1 unspecified atom stereocenters. The fraction of sp³-hybridized carbons (Fsp3) is 0.733. The van der Waals surface area contributed by atoms with Gasteiger partial charge in [-0.25, -0.2) is 9.97 Å². The topological polar surface area (TPSA) is 49.8 Å². The molecule has 0 bridgehead atoms. The van der Waals surface area contributed by atoms with Gasteiger partial charge in [0.1, 0.15) is 17.5 Å². The van der Waals surface area contributed by atoms with Gasteiger partial charge < -0.3 is 10.6 Å². The van der Waals surface area contributed by atoms with Crippen molar-refractivity contribution < 1.29 is 0 Å². The molecule has 0 aliphatic carbocycles. The minimum atomic E-state index is 0.742. The first-order chi connectivity index (χ1) is 9.81. The molecule has 4 nitrogen and oxygen atoms in total. The molecule has 5 heteroatoms. The molecule has 2 heterocycles. The van der Waals surface area contributed by atoms with Crippen LogP contribution in [0, 0.1) is 0 Å². The Labute approximate surface area is 126 Å². The van der Waals surface area contributed by atoms with Crippen molar-refractivity contribution in [2.45, 2.75) is 51.2 Å². The standard InChI is InChI=1S/C15H26N4S/c1-3-6-13-18-14(16-8-4-2)10-15(19-13)17-11-12-7-5-9-20-12/h10,12H,3-9,11H2,1-2H3,(H2,16,17,18,19). The number of hydrogen-bond acceptors (Lipinski definition) is 5. The number of aryl methyl sites for hydroxylation is 1. The van der Waals surface area contributed by atoms with E-state index in [9.17, 15) is 0 Å². The van der Waals surface area contributed by atoms with E-state index in [4.69, 9.17) is 0 Å². The van der Waals surface area contributed by atoms with Crippen molar-refractivity contribution in [3.63, 3.8) is 0 Å². The summed E-state index contributed by atoms with van der Waals surface area (Å²) in [6, 6.07) is 2.04. The monoisotopic (exact) mass is 294 g/mol. The summed E-state index contributed by atoms with van der Waals surface area (Å²) in [5.41, 5.74) is 0. The first kappa shape index (κ1) is 15.4. The van der Waals surface area contributed by atoms with Gasteiger partial charge in [0.25, 0.3) is 0 Å². The molecule has 2 N–H and O–H groups in total. The molecule has 1 aliphatic heterocycles. The molecular formula is C15H26N4S. The number of nitrogens with zero attached hydrogens (tertiary/aromatic N) is 2. The van der Waals surface area contributed by atoms with Crippen molar-refractivity contribution in [1.29, 1.82) is 0 Å². The second kappa shape index (κ2) is 8.35. The molecule has 1 aromatic heterocycles. The summed E-state index contributed by atoms with van der Waals surface area (Å²) < 4.78 is 0. The van der Waals surface area contributed by atoms with Crippen molar-refractivity contribution in [2.24, 2.45) is 0 Å². The minimum absolute atomic E-state index is 0.742. The Kier molecular flexibility index (Phi) is 6.43. The average molecular weight is 294 g/mol. The molecule has 0 spiro atoms. The van der Waals surface area contributed by atoms with Crippen molar-refractivity contribution in [3.8, 4) is 0 Å². The third kappa shape index (κ3) is 4.85. The van der Waals surface area contributed by atoms with Crippen LogP contribution in [-0.2, 0) is 6.42 Å². The average Bonchev–Trinajstić information content (AvgIpc) is 2.96. The summed E-state index contributed by atoms with van der Waals surface area (Å²) in [5, 5.41) is 7.60. The van der Waals surface area contributed by atoms with Crippen LogP contribution in [0.5, 0.6) is 0 Å². The Morgan fingerprint density at radius 3 is 2.65 bits per heavy atom. The normalized spacial score (nSPS) is 18.2. The van der Waals surface area contributed by atoms with E-state index in [1.807, 2.05) is 6.07 Å². The van der Waals surface area contributed by atoms with E-state index in [1.165, 1.54) is 18.6 Å². The quantitative estimate of drug-likeness (QED) is 0.768. The summed E-state index contributed by atoms with van der Waals surface area (Å²) in [7, 11) is 0. The number of rotatable bonds is 8. The molecule has 1 aromatic rings. The van der Waals surface area contributed by atoms with E-state index in [1.54, 1.807) is 0 Å². The smallest absolute Gasteiger partial charge is 0.133 e. The molecule has 0 amide bonds. The highest BCUT2D eigenvalue weighted by Gasteiger charge is 2.15. The summed E-state index contributed by atoms with van der Waals surface area (Å²) in [5.74, 6) is 4.16. The molecule has 20 heavy (non-hydrogen) atoms. The second-order valence-electron chi connectivity index (χ2n) is 5.25. The minimum Gasteiger partial charge on any atom is -0.370 e. The highest BCUT2D eigenvalue weighted by atomic mass is 32.2. The first-order valence-electron chi connectivity index (χ1n) is 7.79. The third-order valence-electron chi connectivity index (χ3n) is 3.34. The highest BCUT2D eigenvalue weighted by molar-refractivity contribution is 8.00. The van der Waals surface area contributed by atoms with Gasteiger partial charge in [-0.2, -0.15) is 11.8 Å². The van der Waals surface area contributed by atoms with Crippen LogP contribution in [0.1, 0.15) is 45.4 Å². The number of hydrogen-bond donors (Lipinski definition) is 2. The van der Waals surface area contributed by atoms with Gasteiger partial charge in [0, 0.05) is 30.8 Å². The summed E-state index contributed by atoms with van der Waals surface area (Å²) in [4.78, 5) is 9.19. The van der Waals surface area contributed by atoms with E-state index < -0.39 is 0 Å². The van der Waals surface area contributed by atoms with Gasteiger partial charge in [0.05, 0.1) is 0 Å². The van der Waals surface area contributed by atoms with Crippen molar-refractivity contribution >= 4 is 23.4 Å². The van der Waals surface area contributed by atoms with Crippen LogP contribution in [0.15, 0.2) is 6.07 Å². The van der Waals surface area contributed by atoms with Crippen molar-refractivity contribution in [2.75, 3.05) is 29.5 Å². The predicted octanol–water partition coefficient (Wildman–Crippen LogP) is 3.56. The Morgan fingerprint density at radius 2 is 2.00 bits per heavy atom. The SMILES string of the molecule is CCCNc1cc(NCC2CCCS2)nc(CCC)n1. The van der Waals surface area contributed by atoms with Crippen LogP contribution in [0.25, 0.3) is 0 Å². The Morgan fingerprint density at radius 1 is 1.20 bits per heavy atom. The number of thioether (sulfide) groups is 1. The van der Waals surface area contributed by atoms with Gasteiger partial charge in [-0.15, -0.1) is 0 Å². The van der Waals surface area contributed by atoms with Crippen LogP contribution in [0.2, 0.25) is 0 Å². The van der Waals surface area contributed by atoms with E-state index in [0.717, 1.165) is 55.1 Å². The summed E-state index contributed by atoms with van der Waals surface area (Å²) in [6.07, 6.45) is 5.80. The largest absolute Gasteiger partial charge is 0.370 e. The summed E-state index contributed by atoms with van der Waals surface area (Å²) >= 11 is 2.07. The molecule has 1 aliphatic rings. The van der Waals surface area contributed by atoms with E-state index >= 15 is 0 Å². The Balaban J connectivity index is 1.98. The fourth-order valence-corrected chi connectivity index (χ4v) is 3.49. The molecule has 112 valence electrons. The van der Waals surface area contributed by atoms with Crippen LogP contribution in [0.3, 0.4) is 0 Å². The zero-order valence-electron chi connectivity index (χ0n) is 12.6. The Bertz CT molecular complexity index is 405. The first-order valence-corrected chi connectivity index (χ1v) is 8.84. The molecule has 0 saturated carbocycles. The van der Waals surface area contributed by atoms with Crippen LogP contribution >= 0.6 is 11.8 Å². The van der Waals surface area contributed by atoms with E-state index in [0.29, 0.717) is 0 Å². The predicted molar refractivity (Wildman–Crippen MR) is 88.8 cm³/mol. The van der Waals surface area contributed by atoms with E-state index in [2.05, 4.69) is 46.2 Å². The van der Waals surface area contributed by atoms with Crippen molar-refractivity contribution in [3.05, 3.63) is 11.9 Å². The molecule has 0 aromatic carbocycles. The van der Waals surface area contributed by atoms with Gasteiger partial charge in [0.15, 0.2) is 0 Å². The van der Waals surface area contributed by atoms with Gasteiger partial charge in [-0.3, -0.25) is 0 Å². The molecule has 1 atom stereocenters. The lowest BCUT2D eigenvalue weighted by Crippen LogP contribution is -2.16. The van der Waals surface area contributed by atoms with Crippen molar-refractivity contribution in [1.82, 2.24) is 9.97 Å². The number of anilines is 2. The van der Waals surface area contributed by atoms with Crippen LogP contribution < -0.4 is 10.6 Å². The van der Waals surface area contributed by atoms with E-state index in [-0.39, 0.29) is 0 Å². The lowest BCUT2D eigenvalue weighted by molar-refractivity contribution is 0.796. The third-order valence-corrected chi connectivity index (χ3v) is 4.74. The van der Waals surface area contributed by atoms with Crippen LogP contribution in [0.4, 0.5) is 11.6 Å². The maximum absolute atomic E-state index is 4.62. The zero-order valence-corrected chi connectivity index (χ0v) is 13.4. The molecule has 0 radical (unpaired) electrons. The highest BCUT2D eigenvalue weighted by Crippen LogP contribution is 2.26. The molecular weight excluding hydrogens is 268 g/mol. The van der Waals surface area contributed by atoms with Gasteiger partial charge in [-0.05, 0) is 31.4 Å². The van der Waals surface area contributed by atoms with Gasteiger partial charge in [-0.1, -0.05) is 13.8 Å². The molecule has 1 fully saturated rings. The maximum atomic E-state index is 4.62. The van der Waals surface area contributed by atoms with Gasteiger partial charge in [0.2, 0.25) is 0 Å². The lowest BCUT2D eigenvalue weighted by atomic mass is 10.2. The van der Waals surface area contributed by atoms with Gasteiger partial charge >= 0.3 is 0 Å². The van der Waals surface area contributed by atoms with Crippen LogP contribution in [-0.4, -0.2) is 34.1 Å². The zero-order chi connectivity index (χ0) is 14.2.